The third-order valence-corrected chi connectivity index (χ3v) is 1.92. The molecule has 0 heterocycles. The molecule has 0 radical (unpaired) electrons. The summed E-state index contributed by atoms with van der Waals surface area (Å²) in [5.41, 5.74) is 8.63. The van der Waals surface area contributed by atoms with Gasteiger partial charge in [-0.1, -0.05) is 0 Å². The molecule has 0 aliphatic carbocycles. The van der Waals surface area contributed by atoms with Crippen LogP contribution in [-0.2, 0) is 4.74 Å². The number of nitrogens with two attached hydrogens (primary N) is 1. The molecule has 1 rings (SSSR count). The third-order valence-electron chi connectivity index (χ3n) is 1.82. The molecule has 0 saturated heterocycles. The number of rotatable bonds is 6. The summed E-state index contributed by atoms with van der Waals surface area (Å²) in [6.07, 6.45) is 1.62. The number of thiocarbonyl (C=S) groups is 1. The van der Waals surface area contributed by atoms with Crippen LogP contribution in [0.5, 0.6) is 5.75 Å². The molecule has 0 bridgehead atoms. The molecular weight excluding hydrogens is 238 g/mol. The van der Waals surface area contributed by atoms with Gasteiger partial charge in [0.1, 0.15) is 12.4 Å². The molecule has 92 valence electrons. The smallest absolute Gasteiger partial charge is 0.184 e. The Labute approximate surface area is 106 Å². The van der Waals surface area contributed by atoms with Crippen molar-refractivity contribution in [2.75, 3.05) is 20.3 Å². The summed E-state index contributed by atoms with van der Waals surface area (Å²) < 4.78 is 10.3. The number of hydrogen-bond donors (Lipinski definition) is 2. The second kappa shape index (κ2) is 7.59. The van der Waals surface area contributed by atoms with Crippen molar-refractivity contribution in [1.29, 1.82) is 0 Å². The highest BCUT2D eigenvalue weighted by Gasteiger charge is 1.93. The number of nitrogens with zero attached hydrogens (tertiary/aromatic N) is 1. The number of ether oxygens (including phenoxy) is 2. The first-order valence-corrected chi connectivity index (χ1v) is 5.43. The van der Waals surface area contributed by atoms with Gasteiger partial charge in [0.2, 0.25) is 0 Å². The minimum absolute atomic E-state index is 0.140. The van der Waals surface area contributed by atoms with E-state index in [1.165, 1.54) is 0 Å². The molecule has 0 aliphatic heterocycles. The molecule has 3 N–H and O–H groups in total. The van der Waals surface area contributed by atoms with E-state index in [0.29, 0.717) is 13.2 Å². The van der Waals surface area contributed by atoms with Crippen molar-refractivity contribution in [2.45, 2.75) is 0 Å². The number of methoxy groups -OCH3 is 1. The molecule has 0 aromatic heterocycles. The summed E-state index contributed by atoms with van der Waals surface area (Å²) in [5, 5.41) is 3.98. The quantitative estimate of drug-likeness (QED) is 0.341. The molecule has 0 spiro atoms. The van der Waals surface area contributed by atoms with Gasteiger partial charge in [-0.2, -0.15) is 5.10 Å². The van der Waals surface area contributed by atoms with Gasteiger partial charge in [0.05, 0.1) is 12.8 Å². The largest absolute Gasteiger partial charge is 0.491 e. The van der Waals surface area contributed by atoms with E-state index >= 15 is 0 Å². The van der Waals surface area contributed by atoms with Crippen molar-refractivity contribution in [3.8, 4) is 5.75 Å². The highest BCUT2D eigenvalue weighted by atomic mass is 32.1. The Kier molecular flexibility index (Phi) is 5.98. The molecule has 1 aromatic rings. The average Bonchev–Trinajstić information content (AvgIpc) is 2.31. The molecule has 0 saturated carbocycles. The Morgan fingerprint density at radius 3 is 2.71 bits per heavy atom. The Balaban J connectivity index is 2.44. The van der Waals surface area contributed by atoms with Crippen LogP contribution in [0, 0.1) is 0 Å². The van der Waals surface area contributed by atoms with Crippen LogP contribution in [0.1, 0.15) is 5.56 Å². The van der Waals surface area contributed by atoms with Crippen molar-refractivity contribution in [1.82, 2.24) is 5.43 Å². The van der Waals surface area contributed by atoms with Gasteiger partial charge in [0.25, 0.3) is 0 Å². The number of nitrogens with one attached hydrogen (secondary N) is 1. The first-order chi connectivity index (χ1) is 8.22. The standard InChI is InChI=1S/C11H15N3O2S/c1-15-6-7-16-10-4-2-9(3-5-10)8-13-14-11(12)17/h2-5,8H,6-7H2,1H3,(H3,12,14,17). The fourth-order valence-electron chi connectivity index (χ4n) is 1.06. The zero-order valence-corrected chi connectivity index (χ0v) is 10.4. The fourth-order valence-corrected chi connectivity index (χ4v) is 1.12. The van der Waals surface area contributed by atoms with E-state index in [0.717, 1.165) is 11.3 Å². The van der Waals surface area contributed by atoms with Crippen molar-refractivity contribution in [3.05, 3.63) is 29.8 Å². The van der Waals surface area contributed by atoms with Crippen molar-refractivity contribution >= 4 is 23.5 Å². The van der Waals surface area contributed by atoms with Crippen molar-refractivity contribution in [3.63, 3.8) is 0 Å². The van der Waals surface area contributed by atoms with Crippen LogP contribution in [0.25, 0.3) is 0 Å². The van der Waals surface area contributed by atoms with Crippen LogP contribution in [0.4, 0.5) is 0 Å². The predicted molar refractivity (Wildman–Crippen MR) is 71.3 cm³/mol. The maximum Gasteiger partial charge on any atom is 0.184 e. The third kappa shape index (κ3) is 5.84. The summed E-state index contributed by atoms with van der Waals surface area (Å²) >= 11 is 4.61. The van der Waals surface area contributed by atoms with E-state index < -0.39 is 0 Å². The molecule has 0 aliphatic rings. The van der Waals surface area contributed by atoms with Gasteiger partial charge in [-0.05, 0) is 42.0 Å². The Hall–Kier alpha value is -1.66. The monoisotopic (exact) mass is 253 g/mol. The number of hydrazone groups is 1. The van der Waals surface area contributed by atoms with Gasteiger partial charge in [0.15, 0.2) is 5.11 Å². The Morgan fingerprint density at radius 2 is 2.12 bits per heavy atom. The molecular formula is C11H15N3O2S. The predicted octanol–water partition coefficient (Wildman–Crippen LogP) is 0.879. The van der Waals surface area contributed by atoms with E-state index in [1.807, 2.05) is 24.3 Å². The average molecular weight is 253 g/mol. The first-order valence-electron chi connectivity index (χ1n) is 5.02. The zero-order valence-electron chi connectivity index (χ0n) is 9.55. The van der Waals surface area contributed by atoms with Crippen molar-refractivity contribution < 1.29 is 9.47 Å². The zero-order chi connectivity index (χ0) is 12.5. The maximum atomic E-state index is 5.42. The molecule has 6 heteroatoms. The van der Waals surface area contributed by atoms with Crippen LogP contribution in [0.3, 0.4) is 0 Å². The van der Waals surface area contributed by atoms with Gasteiger partial charge >= 0.3 is 0 Å². The molecule has 5 nitrogen and oxygen atoms in total. The maximum absolute atomic E-state index is 5.42. The van der Waals surface area contributed by atoms with Crippen LogP contribution in [-0.4, -0.2) is 31.7 Å². The van der Waals surface area contributed by atoms with Gasteiger partial charge in [-0.25, -0.2) is 0 Å². The van der Waals surface area contributed by atoms with Gasteiger partial charge in [-0.3, -0.25) is 5.43 Å². The van der Waals surface area contributed by atoms with E-state index in [1.54, 1.807) is 13.3 Å². The molecule has 1 aromatic carbocycles. The van der Waals surface area contributed by atoms with Crippen LogP contribution < -0.4 is 15.9 Å². The van der Waals surface area contributed by atoms with Crippen LogP contribution in [0.2, 0.25) is 0 Å². The first kappa shape index (κ1) is 13.4. The van der Waals surface area contributed by atoms with E-state index in [2.05, 4.69) is 22.7 Å². The number of hydrogen-bond acceptors (Lipinski definition) is 4. The van der Waals surface area contributed by atoms with Gasteiger partial charge in [0, 0.05) is 7.11 Å². The lowest BCUT2D eigenvalue weighted by molar-refractivity contribution is 0.146. The van der Waals surface area contributed by atoms with Gasteiger partial charge in [-0.15, -0.1) is 0 Å². The SMILES string of the molecule is COCCOc1ccc(C=NNC(N)=S)cc1. The normalized spacial score (nSPS) is 10.4. The minimum atomic E-state index is 0.140. The molecule has 0 fully saturated rings. The number of benzene rings is 1. The fraction of sp³-hybridized carbons (Fsp3) is 0.273. The summed E-state index contributed by atoms with van der Waals surface area (Å²) in [7, 11) is 1.64. The summed E-state index contributed by atoms with van der Waals surface area (Å²) in [6, 6.07) is 7.48. The lowest BCUT2D eigenvalue weighted by Crippen LogP contribution is -2.23. The highest BCUT2D eigenvalue weighted by Crippen LogP contribution is 2.10. The van der Waals surface area contributed by atoms with Crippen LogP contribution >= 0.6 is 12.2 Å². The second-order valence-electron chi connectivity index (χ2n) is 3.14. The molecule has 17 heavy (non-hydrogen) atoms. The van der Waals surface area contributed by atoms with E-state index in [-0.39, 0.29) is 5.11 Å². The van der Waals surface area contributed by atoms with Crippen molar-refractivity contribution in [2.24, 2.45) is 10.8 Å². The topological polar surface area (TPSA) is 68.9 Å². The van der Waals surface area contributed by atoms with Gasteiger partial charge < -0.3 is 15.2 Å². The Bertz CT molecular complexity index is 379. The highest BCUT2D eigenvalue weighted by molar-refractivity contribution is 7.80. The molecule has 0 amide bonds. The summed E-state index contributed by atoms with van der Waals surface area (Å²) in [6.45, 7) is 1.11. The second-order valence-corrected chi connectivity index (χ2v) is 3.58. The summed E-state index contributed by atoms with van der Waals surface area (Å²) in [5.74, 6) is 0.793. The van der Waals surface area contributed by atoms with E-state index in [9.17, 15) is 0 Å². The Morgan fingerprint density at radius 1 is 1.41 bits per heavy atom. The van der Waals surface area contributed by atoms with Crippen LogP contribution in [0.15, 0.2) is 29.4 Å². The minimum Gasteiger partial charge on any atom is -0.491 e. The lowest BCUT2D eigenvalue weighted by Gasteiger charge is -2.05. The lowest BCUT2D eigenvalue weighted by atomic mass is 10.2. The summed E-state index contributed by atoms with van der Waals surface area (Å²) in [4.78, 5) is 0. The van der Waals surface area contributed by atoms with E-state index in [4.69, 9.17) is 15.2 Å². The molecule has 0 unspecified atom stereocenters. The molecule has 0 atom stereocenters.